The Balaban J connectivity index is 1.95. The van der Waals surface area contributed by atoms with Crippen LogP contribution in [0.3, 0.4) is 0 Å². The van der Waals surface area contributed by atoms with Crippen LogP contribution in [0.15, 0.2) is 30.6 Å². The van der Waals surface area contributed by atoms with E-state index in [9.17, 15) is 19.3 Å². The van der Waals surface area contributed by atoms with Gasteiger partial charge in [0.25, 0.3) is 0 Å². The van der Waals surface area contributed by atoms with Gasteiger partial charge in [0.1, 0.15) is 12.4 Å². The number of likely N-dealkylation sites (N-methyl/N-ethyl adjacent to an activating group) is 1. The van der Waals surface area contributed by atoms with Crippen LogP contribution in [0.4, 0.5) is 10.3 Å². The van der Waals surface area contributed by atoms with Gasteiger partial charge in [0.05, 0.1) is 0 Å². The molecule has 8 nitrogen and oxygen atoms in total. The van der Waals surface area contributed by atoms with Crippen LogP contribution < -0.4 is 0 Å². The second-order valence-electron chi connectivity index (χ2n) is 4.38. The minimum absolute atomic E-state index is 0.154. The third-order valence-corrected chi connectivity index (χ3v) is 2.74. The van der Waals surface area contributed by atoms with Gasteiger partial charge in [-0.15, -0.1) is 0 Å². The average molecular weight is 293 g/mol. The summed E-state index contributed by atoms with van der Waals surface area (Å²) in [6.45, 7) is 0.147. The van der Waals surface area contributed by atoms with Crippen LogP contribution in [-0.2, 0) is 17.9 Å². The molecule has 0 fully saturated rings. The molecule has 21 heavy (non-hydrogen) atoms. The maximum atomic E-state index is 12.8. The van der Waals surface area contributed by atoms with E-state index in [-0.39, 0.29) is 18.3 Å². The zero-order chi connectivity index (χ0) is 15.4. The molecule has 0 bridgehead atoms. The minimum atomic E-state index is -0.733. The molecule has 1 aromatic heterocycles. The second kappa shape index (κ2) is 6.07. The quantitative estimate of drug-likeness (QED) is 0.605. The number of hydrogen-bond donors (Lipinski definition) is 0. The summed E-state index contributed by atoms with van der Waals surface area (Å²) < 4.78 is 13.9. The summed E-state index contributed by atoms with van der Waals surface area (Å²) in [4.78, 5) is 26.5. The molecule has 1 aromatic carbocycles. The van der Waals surface area contributed by atoms with Gasteiger partial charge in [0.15, 0.2) is 0 Å². The molecule has 0 saturated heterocycles. The smallest absolute Gasteiger partial charge is 0.390 e. The third kappa shape index (κ3) is 3.81. The number of nitro groups is 1. The van der Waals surface area contributed by atoms with Gasteiger partial charge >= 0.3 is 5.95 Å². The molecule has 1 amide bonds. The molecule has 2 rings (SSSR count). The van der Waals surface area contributed by atoms with Gasteiger partial charge in [-0.2, -0.15) is 4.68 Å². The Hall–Kier alpha value is -2.84. The Labute approximate surface area is 119 Å². The monoisotopic (exact) mass is 293 g/mol. The molecular formula is C12H12FN5O3. The molecule has 0 aliphatic heterocycles. The van der Waals surface area contributed by atoms with E-state index in [0.29, 0.717) is 6.54 Å². The lowest BCUT2D eigenvalue weighted by atomic mass is 10.2. The first-order chi connectivity index (χ1) is 9.95. The van der Waals surface area contributed by atoms with Crippen molar-refractivity contribution < 1.29 is 14.1 Å². The van der Waals surface area contributed by atoms with Gasteiger partial charge in [-0.05, 0) is 22.6 Å². The van der Waals surface area contributed by atoms with E-state index in [1.54, 1.807) is 19.2 Å². The lowest BCUT2D eigenvalue weighted by Crippen LogP contribution is -2.30. The highest BCUT2D eigenvalue weighted by Gasteiger charge is 2.17. The normalized spacial score (nSPS) is 10.4. The first-order valence-electron chi connectivity index (χ1n) is 5.98. The van der Waals surface area contributed by atoms with Crippen molar-refractivity contribution in [1.29, 1.82) is 0 Å². The highest BCUT2D eigenvalue weighted by molar-refractivity contribution is 5.75. The van der Waals surface area contributed by atoms with Crippen molar-refractivity contribution in [2.75, 3.05) is 7.05 Å². The largest absolute Gasteiger partial charge is 0.490 e. The molecule has 2 aromatic rings. The number of aromatic nitrogens is 3. The predicted octanol–water partition coefficient (Wildman–Crippen LogP) is 0.984. The zero-order valence-corrected chi connectivity index (χ0v) is 11.1. The summed E-state index contributed by atoms with van der Waals surface area (Å²) in [5.41, 5.74) is 0.775. The van der Waals surface area contributed by atoms with Crippen LogP contribution in [-0.4, -0.2) is 37.5 Å². The number of rotatable bonds is 5. The van der Waals surface area contributed by atoms with Crippen molar-refractivity contribution in [3.05, 3.63) is 52.1 Å². The average Bonchev–Trinajstić information content (AvgIpc) is 2.90. The molecule has 0 atom stereocenters. The van der Waals surface area contributed by atoms with E-state index < -0.39 is 10.9 Å². The summed E-state index contributed by atoms with van der Waals surface area (Å²) in [6.07, 6.45) is 1.13. The lowest BCUT2D eigenvalue weighted by Gasteiger charge is -2.16. The van der Waals surface area contributed by atoms with Crippen molar-refractivity contribution in [2.24, 2.45) is 0 Å². The summed E-state index contributed by atoms with van der Waals surface area (Å²) in [7, 11) is 1.58. The number of benzene rings is 1. The van der Waals surface area contributed by atoms with E-state index in [1.165, 1.54) is 17.0 Å². The number of carbonyl (C=O) groups excluding carboxylic acids is 1. The van der Waals surface area contributed by atoms with Gasteiger partial charge < -0.3 is 15.0 Å². The van der Waals surface area contributed by atoms with Crippen molar-refractivity contribution in [3.8, 4) is 0 Å². The van der Waals surface area contributed by atoms with Crippen LogP contribution in [0.2, 0.25) is 0 Å². The summed E-state index contributed by atoms with van der Waals surface area (Å²) in [6, 6.07) is 5.79. The topological polar surface area (TPSA) is 94.2 Å². The number of hydrogen-bond acceptors (Lipinski definition) is 5. The van der Waals surface area contributed by atoms with Crippen LogP contribution in [0, 0.1) is 15.9 Å². The first-order valence-corrected chi connectivity index (χ1v) is 5.98. The van der Waals surface area contributed by atoms with Crippen LogP contribution in [0.1, 0.15) is 5.56 Å². The molecule has 9 heteroatoms. The molecule has 0 N–H and O–H groups in total. The zero-order valence-electron chi connectivity index (χ0n) is 11.1. The number of halogens is 1. The van der Waals surface area contributed by atoms with Crippen molar-refractivity contribution in [3.63, 3.8) is 0 Å². The molecule has 110 valence electrons. The van der Waals surface area contributed by atoms with Gasteiger partial charge in [0.2, 0.25) is 12.2 Å². The lowest BCUT2D eigenvalue weighted by molar-refractivity contribution is -0.394. The summed E-state index contributed by atoms with van der Waals surface area (Å²) in [5.74, 6) is -1.19. The maximum Gasteiger partial charge on any atom is 0.490 e. The van der Waals surface area contributed by atoms with Crippen LogP contribution >= 0.6 is 0 Å². The fraction of sp³-hybridized carbons (Fsp3) is 0.250. The van der Waals surface area contributed by atoms with E-state index in [0.717, 1.165) is 16.6 Å². The fourth-order valence-corrected chi connectivity index (χ4v) is 1.66. The highest BCUT2D eigenvalue weighted by atomic mass is 19.1. The van der Waals surface area contributed by atoms with Gasteiger partial charge in [0, 0.05) is 18.7 Å². The molecule has 0 unspecified atom stereocenters. The Kier molecular flexibility index (Phi) is 4.21. The molecule has 0 aliphatic carbocycles. The SMILES string of the molecule is CN(Cc1ccc(F)cc1)C(=O)Cn1cnc([N+](=O)[O-])n1. The van der Waals surface area contributed by atoms with Gasteiger partial charge in [-0.1, -0.05) is 17.1 Å². The van der Waals surface area contributed by atoms with E-state index >= 15 is 0 Å². The molecule has 1 heterocycles. The number of carbonyl (C=O) groups is 1. The predicted molar refractivity (Wildman–Crippen MR) is 69.6 cm³/mol. The Morgan fingerprint density at radius 1 is 1.43 bits per heavy atom. The number of amides is 1. The molecule has 0 saturated carbocycles. The third-order valence-electron chi connectivity index (χ3n) is 2.74. The van der Waals surface area contributed by atoms with Gasteiger partial charge in [-0.3, -0.25) is 4.79 Å². The van der Waals surface area contributed by atoms with E-state index in [2.05, 4.69) is 10.1 Å². The van der Waals surface area contributed by atoms with E-state index in [4.69, 9.17) is 0 Å². The highest BCUT2D eigenvalue weighted by Crippen LogP contribution is 2.06. The second-order valence-corrected chi connectivity index (χ2v) is 4.38. The van der Waals surface area contributed by atoms with Crippen molar-refractivity contribution in [2.45, 2.75) is 13.1 Å². The molecular weight excluding hydrogens is 281 g/mol. The minimum Gasteiger partial charge on any atom is -0.390 e. The number of nitrogens with zero attached hydrogens (tertiary/aromatic N) is 5. The first kappa shape index (κ1) is 14.6. The van der Waals surface area contributed by atoms with Crippen LogP contribution in [0.25, 0.3) is 0 Å². The Morgan fingerprint density at radius 2 is 2.10 bits per heavy atom. The molecule has 0 spiro atoms. The standard InChI is InChI=1S/C12H12FN5O3/c1-16(6-9-2-4-10(13)5-3-9)11(19)7-17-8-14-12(15-17)18(20)21/h2-5,8H,6-7H2,1H3. The fourth-order valence-electron chi connectivity index (χ4n) is 1.66. The van der Waals surface area contributed by atoms with Crippen molar-refractivity contribution in [1.82, 2.24) is 19.7 Å². The van der Waals surface area contributed by atoms with E-state index in [1.807, 2.05) is 0 Å². The summed E-state index contributed by atoms with van der Waals surface area (Å²) >= 11 is 0. The molecule has 0 aliphatic rings. The van der Waals surface area contributed by atoms with Crippen LogP contribution in [0.5, 0.6) is 0 Å². The molecule has 0 radical (unpaired) electrons. The maximum absolute atomic E-state index is 12.8. The van der Waals surface area contributed by atoms with Crippen molar-refractivity contribution >= 4 is 11.9 Å². The Bertz CT molecular complexity index is 655. The summed E-state index contributed by atoms with van der Waals surface area (Å²) in [5, 5.41) is 14.0. The van der Waals surface area contributed by atoms with Gasteiger partial charge in [-0.25, -0.2) is 4.39 Å². The Morgan fingerprint density at radius 3 is 2.67 bits per heavy atom.